The van der Waals surface area contributed by atoms with Gasteiger partial charge in [0.25, 0.3) is 0 Å². The highest BCUT2D eigenvalue weighted by molar-refractivity contribution is 9.10. The summed E-state index contributed by atoms with van der Waals surface area (Å²) in [7, 11) is 2.03. The molecule has 0 bridgehead atoms. The van der Waals surface area contributed by atoms with E-state index in [1.54, 1.807) is 0 Å². The average Bonchev–Trinajstić information content (AvgIpc) is 3.18. The van der Waals surface area contributed by atoms with E-state index in [0.29, 0.717) is 5.56 Å². The van der Waals surface area contributed by atoms with Crippen LogP contribution in [0.4, 0.5) is 5.69 Å². The van der Waals surface area contributed by atoms with Gasteiger partial charge in [-0.05, 0) is 52.9 Å². The third-order valence-corrected chi connectivity index (χ3v) is 3.86. The molecular weight excluding hydrogens is 294 g/mol. The van der Waals surface area contributed by atoms with Gasteiger partial charge in [-0.15, -0.1) is 0 Å². The summed E-state index contributed by atoms with van der Waals surface area (Å²) in [6.07, 6.45) is 3.51. The predicted molar refractivity (Wildman–Crippen MR) is 76.3 cm³/mol. The smallest absolute Gasteiger partial charge is 0.151 e. The second-order valence-corrected chi connectivity index (χ2v) is 5.62. The van der Waals surface area contributed by atoms with Crippen LogP contribution in [0.1, 0.15) is 23.2 Å². The van der Waals surface area contributed by atoms with Gasteiger partial charge in [0.05, 0.1) is 6.61 Å². The summed E-state index contributed by atoms with van der Waals surface area (Å²) in [5, 5.41) is 0. The number of halogens is 1. The molecular formula is C14H18BrNO2. The second kappa shape index (κ2) is 6.34. The van der Waals surface area contributed by atoms with E-state index in [-0.39, 0.29) is 0 Å². The van der Waals surface area contributed by atoms with Crippen molar-refractivity contribution in [3.05, 3.63) is 28.2 Å². The van der Waals surface area contributed by atoms with Crippen LogP contribution < -0.4 is 4.90 Å². The molecule has 18 heavy (non-hydrogen) atoms. The number of carbonyl (C=O) groups excluding carboxylic acids is 1. The van der Waals surface area contributed by atoms with Gasteiger partial charge in [-0.2, -0.15) is 0 Å². The number of rotatable bonds is 7. The molecule has 0 N–H and O–H groups in total. The third kappa shape index (κ3) is 3.82. The van der Waals surface area contributed by atoms with E-state index in [4.69, 9.17) is 4.74 Å². The van der Waals surface area contributed by atoms with Gasteiger partial charge in [-0.1, -0.05) is 0 Å². The van der Waals surface area contributed by atoms with E-state index in [1.165, 1.54) is 12.8 Å². The zero-order valence-electron chi connectivity index (χ0n) is 10.6. The molecule has 0 saturated heterocycles. The Balaban J connectivity index is 1.81. The van der Waals surface area contributed by atoms with Gasteiger partial charge in [0.15, 0.2) is 6.29 Å². The average molecular weight is 312 g/mol. The zero-order chi connectivity index (χ0) is 13.0. The minimum atomic E-state index is 0.678. The first kappa shape index (κ1) is 13.6. The number of nitrogens with zero attached hydrogens (tertiary/aromatic N) is 1. The number of benzene rings is 1. The van der Waals surface area contributed by atoms with Crippen LogP contribution in [-0.2, 0) is 4.74 Å². The Morgan fingerprint density at radius 3 is 2.89 bits per heavy atom. The summed E-state index contributed by atoms with van der Waals surface area (Å²) < 4.78 is 6.45. The van der Waals surface area contributed by atoms with E-state index >= 15 is 0 Å². The highest BCUT2D eigenvalue weighted by Gasteiger charge is 2.20. The van der Waals surface area contributed by atoms with Gasteiger partial charge in [0.2, 0.25) is 0 Å². The van der Waals surface area contributed by atoms with Crippen molar-refractivity contribution in [2.75, 3.05) is 31.7 Å². The van der Waals surface area contributed by atoms with Gasteiger partial charge in [0, 0.05) is 35.9 Å². The molecule has 1 aliphatic rings. The van der Waals surface area contributed by atoms with Crippen LogP contribution in [0.3, 0.4) is 0 Å². The summed E-state index contributed by atoms with van der Waals surface area (Å²) in [6, 6.07) is 5.74. The number of hydrogen-bond acceptors (Lipinski definition) is 3. The van der Waals surface area contributed by atoms with Crippen molar-refractivity contribution >= 4 is 27.9 Å². The fraction of sp³-hybridized carbons (Fsp3) is 0.500. The molecule has 0 radical (unpaired) electrons. The Morgan fingerprint density at radius 1 is 1.50 bits per heavy atom. The van der Waals surface area contributed by atoms with Crippen molar-refractivity contribution in [3.8, 4) is 0 Å². The van der Waals surface area contributed by atoms with Crippen molar-refractivity contribution in [2.45, 2.75) is 12.8 Å². The van der Waals surface area contributed by atoms with Crippen molar-refractivity contribution in [3.63, 3.8) is 0 Å². The molecule has 98 valence electrons. The van der Waals surface area contributed by atoms with Crippen molar-refractivity contribution < 1.29 is 9.53 Å². The maximum absolute atomic E-state index is 10.7. The number of ether oxygens (including phenoxy) is 1. The molecule has 2 rings (SSSR count). The lowest BCUT2D eigenvalue weighted by Crippen LogP contribution is -2.23. The van der Waals surface area contributed by atoms with E-state index in [9.17, 15) is 4.79 Å². The van der Waals surface area contributed by atoms with Crippen molar-refractivity contribution in [1.82, 2.24) is 0 Å². The van der Waals surface area contributed by atoms with Gasteiger partial charge >= 0.3 is 0 Å². The Labute approximate surface area is 116 Å². The quantitative estimate of drug-likeness (QED) is 0.572. The second-order valence-electron chi connectivity index (χ2n) is 4.76. The maximum Gasteiger partial charge on any atom is 0.151 e. The maximum atomic E-state index is 10.7. The van der Waals surface area contributed by atoms with Crippen LogP contribution in [-0.4, -0.2) is 33.1 Å². The number of anilines is 1. The highest BCUT2D eigenvalue weighted by Crippen LogP contribution is 2.28. The van der Waals surface area contributed by atoms with E-state index in [2.05, 4.69) is 20.8 Å². The first-order chi connectivity index (χ1) is 8.70. The molecule has 0 unspecified atom stereocenters. The molecule has 0 amide bonds. The first-order valence-corrected chi connectivity index (χ1v) is 7.03. The molecule has 1 aliphatic carbocycles. The lowest BCUT2D eigenvalue weighted by atomic mass is 10.2. The van der Waals surface area contributed by atoms with Crippen LogP contribution >= 0.6 is 15.9 Å². The SMILES string of the molecule is CN(CCOCC1CC1)c1ccc(C=O)c(Br)c1. The van der Waals surface area contributed by atoms with Crippen LogP contribution in [0.5, 0.6) is 0 Å². The monoisotopic (exact) mass is 311 g/mol. The molecule has 0 aromatic heterocycles. The van der Waals surface area contributed by atoms with E-state index in [0.717, 1.165) is 42.1 Å². The minimum Gasteiger partial charge on any atom is -0.379 e. The zero-order valence-corrected chi connectivity index (χ0v) is 12.1. The van der Waals surface area contributed by atoms with Crippen LogP contribution in [0.25, 0.3) is 0 Å². The molecule has 1 aromatic carbocycles. The number of carbonyl (C=O) groups is 1. The van der Waals surface area contributed by atoms with Gasteiger partial charge in [-0.25, -0.2) is 0 Å². The van der Waals surface area contributed by atoms with E-state index < -0.39 is 0 Å². The predicted octanol–water partition coefficient (Wildman–Crippen LogP) is 3.12. The van der Waals surface area contributed by atoms with E-state index in [1.807, 2.05) is 25.2 Å². The Morgan fingerprint density at radius 2 is 2.28 bits per heavy atom. The standard InChI is InChI=1S/C14H18BrNO2/c1-16(6-7-18-10-11-2-3-11)13-5-4-12(9-17)14(15)8-13/h4-5,8-9,11H,2-3,6-7,10H2,1H3. The fourth-order valence-electron chi connectivity index (χ4n) is 1.71. The number of likely N-dealkylation sites (N-methyl/N-ethyl adjacent to an activating group) is 1. The van der Waals surface area contributed by atoms with Crippen molar-refractivity contribution in [2.24, 2.45) is 5.92 Å². The molecule has 3 nitrogen and oxygen atoms in total. The largest absolute Gasteiger partial charge is 0.379 e. The summed E-state index contributed by atoms with van der Waals surface area (Å²) in [5.41, 5.74) is 1.76. The molecule has 1 saturated carbocycles. The fourth-order valence-corrected chi connectivity index (χ4v) is 2.17. The summed E-state index contributed by atoms with van der Waals surface area (Å²) in [4.78, 5) is 12.9. The highest BCUT2D eigenvalue weighted by atomic mass is 79.9. The normalized spacial score (nSPS) is 14.6. The Hall–Kier alpha value is -0.870. The summed E-state index contributed by atoms with van der Waals surface area (Å²) >= 11 is 3.40. The molecule has 4 heteroatoms. The minimum absolute atomic E-state index is 0.678. The Kier molecular flexibility index (Phi) is 4.78. The van der Waals surface area contributed by atoms with Gasteiger partial charge < -0.3 is 9.64 Å². The van der Waals surface area contributed by atoms with Crippen LogP contribution in [0.2, 0.25) is 0 Å². The number of aldehydes is 1. The van der Waals surface area contributed by atoms with Crippen molar-refractivity contribution in [1.29, 1.82) is 0 Å². The van der Waals surface area contributed by atoms with Crippen LogP contribution in [0.15, 0.2) is 22.7 Å². The third-order valence-electron chi connectivity index (χ3n) is 3.17. The number of hydrogen-bond donors (Lipinski definition) is 0. The molecule has 0 aliphatic heterocycles. The van der Waals surface area contributed by atoms with Crippen LogP contribution in [0, 0.1) is 5.92 Å². The summed E-state index contributed by atoms with van der Waals surface area (Å²) in [6.45, 7) is 2.52. The topological polar surface area (TPSA) is 29.5 Å². The Bertz CT molecular complexity index is 418. The molecule has 1 fully saturated rings. The molecule has 1 aromatic rings. The molecule has 0 heterocycles. The van der Waals surface area contributed by atoms with Gasteiger partial charge in [-0.3, -0.25) is 4.79 Å². The summed E-state index contributed by atoms with van der Waals surface area (Å²) in [5.74, 6) is 0.816. The first-order valence-electron chi connectivity index (χ1n) is 6.24. The lowest BCUT2D eigenvalue weighted by molar-refractivity contribution is 0.112. The van der Waals surface area contributed by atoms with Gasteiger partial charge in [0.1, 0.15) is 0 Å². The molecule has 0 spiro atoms. The lowest BCUT2D eigenvalue weighted by Gasteiger charge is -2.19. The molecule has 0 atom stereocenters.